The maximum atomic E-state index is 13.1. The van der Waals surface area contributed by atoms with Gasteiger partial charge in [0.2, 0.25) is 0 Å². The Hall–Kier alpha value is -2.74. The number of hydrogen-bond acceptors (Lipinski definition) is 7. The quantitative estimate of drug-likeness (QED) is 0.634. The molecular formula is C23H24ClNO6. The van der Waals surface area contributed by atoms with Crippen LogP contribution in [0.15, 0.2) is 45.6 Å². The van der Waals surface area contributed by atoms with E-state index in [0.29, 0.717) is 40.8 Å². The van der Waals surface area contributed by atoms with E-state index in [-0.39, 0.29) is 28.3 Å². The third-order valence-electron chi connectivity index (χ3n) is 5.59. The average molecular weight is 446 g/mol. The normalized spacial score (nSPS) is 19.4. The van der Waals surface area contributed by atoms with Crippen molar-refractivity contribution in [3.05, 3.63) is 57.2 Å². The van der Waals surface area contributed by atoms with Gasteiger partial charge in [0.25, 0.3) is 5.95 Å². The predicted octanol–water partition coefficient (Wildman–Crippen LogP) is 4.04. The second-order valence-corrected chi connectivity index (χ2v) is 7.99. The molecule has 0 aliphatic carbocycles. The molecule has 1 saturated heterocycles. The van der Waals surface area contributed by atoms with Crippen molar-refractivity contribution in [3.8, 4) is 23.2 Å². The number of piperidine rings is 1. The lowest BCUT2D eigenvalue weighted by atomic mass is 9.85. The number of aliphatic hydroxyl groups excluding tert-OH is 1. The third kappa shape index (κ3) is 4.08. The molecule has 1 aromatic heterocycles. The summed E-state index contributed by atoms with van der Waals surface area (Å²) >= 11 is 6.19. The van der Waals surface area contributed by atoms with Crippen LogP contribution in [0.5, 0.6) is 23.2 Å². The summed E-state index contributed by atoms with van der Waals surface area (Å²) in [6, 6.07) is 9.83. The minimum atomic E-state index is -0.650. The van der Waals surface area contributed by atoms with Crippen molar-refractivity contribution in [1.29, 1.82) is 0 Å². The van der Waals surface area contributed by atoms with Gasteiger partial charge in [0, 0.05) is 24.1 Å². The van der Waals surface area contributed by atoms with E-state index in [1.165, 1.54) is 20.3 Å². The molecule has 4 rings (SSSR count). The standard InChI is InChI=1S/C23H24ClNO6/c1-25-9-8-13(16(27)12-25)21-18(28-2)11-19(29-3)22-15(26)10-20(31-23(21)22)30-17-7-5-4-6-14(17)24/h4-7,10-11,13,16,27H,8-9,12H2,1-3H3/t13-,16+/m1/s1. The van der Waals surface area contributed by atoms with Gasteiger partial charge in [-0.05, 0) is 32.1 Å². The Kier molecular flexibility index (Phi) is 6.09. The zero-order chi connectivity index (χ0) is 22.1. The first-order valence-corrected chi connectivity index (χ1v) is 10.3. The first-order chi connectivity index (χ1) is 14.9. The fourth-order valence-corrected chi connectivity index (χ4v) is 4.24. The molecule has 1 aliphatic heterocycles. The van der Waals surface area contributed by atoms with Crippen molar-refractivity contribution in [1.82, 2.24) is 4.90 Å². The minimum Gasteiger partial charge on any atom is -0.496 e. The van der Waals surface area contributed by atoms with Crippen LogP contribution in [0.3, 0.4) is 0 Å². The predicted molar refractivity (Wildman–Crippen MR) is 118 cm³/mol. The Balaban J connectivity index is 1.93. The average Bonchev–Trinajstić information content (AvgIpc) is 2.74. The lowest BCUT2D eigenvalue weighted by Crippen LogP contribution is -2.40. The van der Waals surface area contributed by atoms with Gasteiger partial charge < -0.3 is 28.6 Å². The number of hydrogen-bond donors (Lipinski definition) is 1. The molecule has 0 spiro atoms. The van der Waals surface area contributed by atoms with Gasteiger partial charge in [0.05, 0.1) is 31.4 Å². The highest BCUT2D eigenvalue weighted by Gasteiger charge is 2.33. The van der Waals surface area contributed by atoms with Crippen LogP contribution in [0, 0.1) is 0 Å². The Labute approximate surface area is 184 Å². The Morgan fingerprint density at radius 1 is 1.13 bits per heavy atom. The van der Waals surface area contributed by atoms with E-state index < -0.39 is 6.10 Å². The minimum absolute atomic E-state index is 0.00965. The monoisotopic (exact) mass is 445 g/mol. The summed E-state index contributed by atoms with van der Waals surface area (Å²) in [5.41, 5.74) is 0.575. The van der Waals surface area contributed by atoms with E-state index in [9.17, 15) is 9.90 Å². The number of rotatable bonds is 5. The second-order valence-electron chi connectivity index (χ2n) is 7.59. The lowest BCUT2D eigenvalue weighted by molar-refractivity contribution is 0.0630. The molecule has 2 heterocycles. The van der Waals surface area contributed by atoms with Gasteiger partial charge in [-0.3, -0.25) is 4.79 Å². The van der Waals surface area contributed by atoms with Crippen molar-refractivity contribution < 1.29 is 23.7 Å². The molecule has 164 valence electrons. The number of ether oxygens (including phenoxy) is 3. The first kappa shape index (κ1) is 21.5. The molecule has 0 radical (unpaired) electrons. The number of likely N-dealkylation sites (tertiary alicyclic amines) is 1. The molecule has 2 atom stereocenters. The maximum Gasteiger partial charge on any atom is 0.294 e. The molecular weight excluding hydrogens is 422 g/mol. The van der Waals surface area contributed by atoms with Crippen molar-refractivity contribution >= 4 is 22.6 Å². The number of β-amino-alcohol motifs (C(OH)–C–C–N with tert-alkyl or cyclic N) is 1. The van der Waals surface area contributed by atoms with Crippen molar-refractivity contribution in [2.75, 3.05) is 34.4 Å². The summed E-state index contributed by atoms with van der Waals surface area (Å²) in [5.74, 6) is 0.886. The highest BCUT2D eigenvalue weighted by atomic mass is 35.5. The van der Waals surface area contributed by atoms with Gasteiger partial charge in [0.1, 0.15) is 22.6 Å². The van der Waals surface area contributed by atoms with Gasteiger partial charge in [-0.25, -0.2) is 0 Å². The summed E-state index contributed by atoms with van der Waals surface area (Å²) in [6.45, 7) is 1.29. The highest BCUT2D eigenvalue weighted by molar-refractivity contribution is 6.32. The molecule has 0 amide bonds. The number of halogens is 1. The topological polar surface area (TPSA) is 81.4 Å². The van der Waals surface area contributed by atoms with E-state index in [4.69, 9.17) is 30.2 Å². The highest BCUT2D eigenvalue weighted by Crippen LogP contribution is 2.43. The van der Waals surface area contributed by atoms with E-state index in [1.54, 1.807) is 30.3 Å². The molecule has 1 aliphatic rings. The lowest BCUT2D eigenvalue weighted by Gasteiger charge is -2.34. The largest absolute Gasteiger partial charge is 0.496 e. The fraction of sp³-hybridized carbons (Fsp3) is 0.348. The molecule has 8 heteroatoms. The van der Waals surface area contributed by atoms with Crippen LogP contribution < -0.4 is 19.6 Å². The number of methoxy groups -OCH3 is 2. The molecule has 1 fully saturated rings. The van der Waals surface area contributed by atoms with Crippen LogP contribution >= 0.6 is 11.6 Å². The van der Waals surface area contributed by atoms with Gasteiger partial charge >= 0.3 is 0 Å². The Morgan fingerprint density at radius 3 is 2.55 bits per heavy atom. The molecule has 31 heavy (non-hydrogen) atoms. The Bertz CT molecular complexity index is 1160. The van der Waals surface area contributed by atoms with E-state index in [0.717, 1.165) is 6.54 Å². The van der Waals surface area contributed by atoms with Crippen LogP contribution in [0.4, 0.5) is 0 Å². The molecule has 0 saturated carbocycles. The zero-order valence-electron chi connectivity index (χ0n) is 17.6. The molecule has 1 N–H and O–H groups in total. The Morgan fingerprint density at radius 2 is 1.87 bits per heavy atom. The second kappa shape index (κ2) is 8.78. The van der Waals surface area contributed by atoms with E-state index >= 15 is 0 Å². The van der Waals surface area contributed by atoms with Crippen LogP contribution in [-0.2, 0) is 0 Å². The number of nitrogens with zero attached hydrogens (tertiary/aromatic N) is 1. The third-order valence-corrected chi connectivity index (χ3v) is 5.90. The van der Waals surface area contributed by atoms with Crippen molar-refractivity contribution in [3.63, 3.8) is 0 Å². The summed E-state index contributed by atoms with van der Waals surface area (Å²) in [6.07, 6.45) is 0.0251. The number of likely N-dealkylation sites (N-methyl/N-ethyl adjacent to an activating group) is 1. The van der Waals surface area contributed by atoms with Gasteiger partial charge in [-0.15, -0.1) is 0 Å². The molecule has 2 aromatic carbocycles. The van der Waals surface area contributed by atoms with Crippen LogP contribution in [-0.4, -0.2) is 50.5 Å². The number of aliphatic hydroxyl groups is 1. The van der Waals surface area contributed by atoms with E-state index in [2.05, 4.69) is 4.90 Å². The fourth-order valence-electron chi connectivity index (χ4n) is 4.07. The van der Waals surface area contributed by atoms with Gasteiger partial charge in [-0.1, -0.05) is 23.7 Å². The van der Waals surface area contributed by atoms with Gasteiger partial charge in [0.15, 0.2) is 11.0 Å². The molecule has 0 unspecified atom stereocenters. The summed E-state index contributed by atoms with van der Waals surface area (Å²) in [4.78, 5) is 15.1. The number of benzene rings is 2. The maximum absolute atomic E-state index is 13.1. The van der Waals surface area contributed by atoms with Crippen LogP contribution in [0.25, 0.3) is 11.0 Å². The SMILES string of the molecule is COc1cc(OC)c2c(=O)cc(Oc3ccccc3Cl)oc2c1[C@@H]1CCN(C)C[C@@H]1O. The zero-order valence-corrected chi connectivity index (χ0v) is 18.3. The number of fused-ring (bicyclic) bond motifs is 1. The molecule has 3 aromatic rings. The molecule has 7 nitrogen and oxygen atoms in total. The first-order valence-electron chi connectivity index (χ1n) is 9.94. The van der Waals surface area contributed by atoms with Crippen molar-refractivity contribution in [2.24, 2.45) is 0 Å². The van der Waals surface area contributed by atoms with Crippen molar-refractivity contribution in [2.45, 2.75) is 18.4 Å². The molecule has 0 bridgehead atoms. The smallest absolute Gasteiger partial charge is 0.294 e. The van der Waals surface area contributed by atoms with Crippen LogP contribution in [0.2, 0.25) is 5.02 Å². The summed E-state index contributed by atoms with van der Waals surface area (Å²) < 4.78 is 22.9. The van der Waals surface area contributed by atoms with Crippen LogP contribution in [0.1, 0.15) is 17.9 Å². The van der Waals surface area contributed by atoms with Gasteiger partial charge in [-0.2, -0.15) is 0 Å². The summed E-state index contributed by atoms with van der Waals surface area (Å²) in [7, 11) is 4.97. The number of para-hydroxylation sites is 1. The van der Waals surface area contributed by atoms with E-state index in [1.807, 2.05) is 7.05 Å². The summed E-state index contributed by atoms with van der Waals surface area (Å²) in [5, 5.41) is 11.5.